The number of amides is 1. The van der Waals surface area contributed by atoms with Crippen LogP contribution in [0.3, 0.4) is 0 Å². The Balaban J connectivity index is 1.75. The fourth-order valence-electron chi connectivity index (χ4n) is 3.72. The Morgan fingerprint density at radius 2 is 2.23 bits per heavy atom. The highest BCUT2D eigenvalue weighted by atomic mass is 32.1. The van der Waals surface area contributed by atoms with Crippen molar-refractivity contribution in [2.45, 2.75) is 18.5 Å². The van der Waals surface area contributed by atoms with E-state index in [2.05, 4.69) is 32.8 Å². The fraction of sp³-hybridized carbons (Fsp3) is 0.353. The van der Waals surface area contributed by atoms with Gasteiger partial charge in [-0.25, -0.2) is 0 Å². The molecule has 1 amide bonds. The van der Waals surface area contributed by atoms with Crippen molar-refractivity contribution in [2.24, 2.45) is 5.92 Å². The van der Waals surface area contributed by atoms with Crippen LogP contribution in [0.15, 0.2) is 35.0 Å². The molecule has 114 valence electrons. The van der Waals surface area contributed by atoms with Crippen molar-refractivity contribution in [2.75, 3.05) is 18.9 Å². The molecule has 3 N–H and O–H groups in total. The van der Waals surface area contributed by atoms with Crippen LogP contribution in [0.5, 0.6) is 0 Å². The summed E-state index contributed by atoms with van der Waals surface area (Å²) in [6.07, 6.45) is 1.15. The Morgan fingerprint density at radius 3 is 3.00 bits per heavy atom. The number of hydrogen-bond donors (Lipinski definition) is 3. The van der Waals surface area contributed by atoms with E-state index in [-0.39, 0.29) is 5.91 Å². The number of rotatable bonds is 2. The molecule has 0 saturated carbocycles. The third-order valence-corrected chi connectivity index (χ3v) is 5.49. The Kier molecular flexibility index (Phi) is 3.39. The lowest BCUT2D eigenvalue weighted by Gasteiger charge is -2.37. The molecule has 2 aliphatic rings. The molecule has 1 fully saturated rings. The van der Waals surface area contributed by atoms with Crippen LogP contribution in [-0.4, -0.2) is 19.5 Å². The molecule has 2 aliphatic heterocycles. The summed E-state index contributed by atoms with van der Waals surface area (Å²) in [5.41, 5.74) is 4.45. The molecule has 22 heavy (non-hydrogen) atoms. The van der Waals surface area contributed by atoms with Crippen LogP contribution in [0.4, 0.5) is 5.69 Å². The molecule has 2 aromatic rings. The number of thiophene rings is 1. The maximum atomic E-state index is 11.9. The van der Waals surface area contributed by atoms with E-state index in [1.54, 1.807) is 18.4 Å². The molecule has 4 rings (SSSR count). The van der Waals surface area contributed by atoms with Gasteiger partial charge < -0.3 is 16.0 Å². The van der Waals surface area contributed by atoms with E-state index < -0.39 is 0 Å². The molecular weight excluding hydrogens is 294 g/mol. The van der Waals surface area contributed by atoms with Crippen LogP contribution in [0.1, 0.15) is 40.0 Å². The van der Waals surface area contributed by atoms with Crippen molar-refractivity contribution in [1.29, 1.82) is 0 Å². The maximum Gasteiger partial charge on any atom is 0.251 e. The first-order valence-electron chi connectivity index (χ1n) is 7.66. The highest BCUT2D eigenvalue weighted by molar-refractivity contribution is 7.08. The van der Waals surface area contributed by atoms with Crippen molar-refractivity contribution in [1.82, 2.24) is 10.6 Å². The second kappa shape index (κ2) is 5.41. The van der Waals surface area contributed by atoms with Crippen LogP contribution in [0.2, 0.25) is 0 Å². The summed E-state index contributed by atoms with van der Waals surface area (Å²) in [7, 11) is 1.67. The first-order chi connectivity index (χ1) is 10.8. The van der Waals surface area contributed by atoms with Crippen LogP contribution in [-0.2, 0) is 0 Å². The van der Waals surface area contributed by atoms with Gasteiger partial charge in [-0.05, 0) is 59.1 Å². The van der Waals surface area contributed by atoms with Gasteiger partial charge in [0.05, 0.1) is 6.04 Å². The summed E-state index contributed by atoms with van der Waals surface area (Å²) in [6, 6.07) is 8.85. The summed E-state index contributed by atoms with van der Waals surface area (Å²) in [5, 5.41) is 14.4. The van der Waals surface area contributed by atoms with Crippen molar-refractivity contribution in [3.8, 4) is 0 Å². The molecule has 4 nitrogen and oxygen atoms in total. The van der Waals surface area contributed by atoms with Crippen LogP contribution in [0, 0.1) is 5.92 Å². The first kappa shape index (κ1) is 13.8. The van der Waals surface area contributed by atoms with Gasteiger partial charge in [-0.15, -0.1) is 0 Å². The molecule has 0 aliphatic carbocycles. The quantitative estimate of drug-likeness (QED) is 0.799. The second-order valence-electron chi connectivity index (χ2n) is 5.94. The second-order valence-corrected chi connectivity index (χ2v) is 6.72. The van der Waals surface area contributed by atoms with Gasteiger partial charge in [0.2, 0.25) is 0 Å². The first-order valence-corrected chi connectivity index (χ1v) is 8.60. The van der Waals surface area contributed by atoms with Gasteiger partial charge in [0.15, 0.2) is 0 Å². The summed E-state index contributed by atoms with van der Waals surface area (Å²) in [5.74, 6) is 0.499. The third-order valence-electron chi connectivity index (χ3n) is 4.79. The average molecular weight is 313 g/mol. The number of fused-ring (bicyclic) bond motifs is 3. The minimum Gasteiger partial charge on any atom is -0.378 e. The number of anilines is 1. The lowest BCUT2D eigenvalue weighted by molar-refractivity contribution is 0.0963. The SMILES string of the molecule is CNC(=O)c1ccc2c(c1)C1NCCC1C(c1ccsc1)N2. The zero-order valence-corrected chi connectivity index (χ0v) is 13.2. The van der Waals surface area contributed by atoms with E-state index in [9.17, 15) is 4.79 Å². The molecule has 3 atom stereocenters. The molecule has 3 unspecified atom stereocenters. The number of carbonyl (C=O) groups excluding carboxylic acids is 1. The van der Waals surface area contributed by atoms with Crippen molar-refractivity contribution in [3.05, 3.63) is 51.7 Å². The van der Waals surface area contributed by atoms with Gasteiger partial charge in [-0.2, -0.15) is 11.3 Å². The number of nitrogens with one attached hydrogen (secondary N) is 3. The summed E-state index contributed by atoms with van der Waals surface area (Å²) in [6.45, 7) is 1.03. The van der Waals surface area contributed by atoms with E-state index in [0.29, 0.717) is 18.0 Å². The van der Waals surface area contributed by atoms with Crippen LogP contribution in [0.25, 0.3) is 0 Å². The summed E-state index contributed by atoms with van der Waals surface area (Å²) >= 11 is 1.74. The highest BCUT2D eigenvalue weighted by Gasteiger charge is 2.40. The van der Waals surface area contributed by atoms with E-state index in [4.69, 9.17) is 0 Å². The Labute approximate surface area is 133 Å². The molecule has 1 saturated heterocycles. The number of hydrogen-bond acceptors (Lipinski definition) is 4. The normalized spacial score (nSPS) is 26.0. The minimum absolute atomic E-state index is 0.0303. The Bertz CT molecular complexity index is 698. The molecule has 0 spiro atoms. The van der Waals surface area contributed by atoms with Crippen molar-refractivity contribution < 1.29 is 4.79 Å². The maximum absolute atomic E-state index is 11.9. The van der Waals surface area contributed by atoms with Crippen molar-refractivity contribution >= 4 is 22.9 Å². The summed E-state index contributed by atoms with van der Waals surface area (Å²) < 4.78 is 0. The largest absolute Gasteiger partial charge is 0.378 e. The standard InChI is InChI=1S/C17H19N3OS/c1-18-17(21)10-2-3-14-13(8-10)16-12(4-6-19-16)15(20-14)11-5-7-22-9-11/h2-3,5,7-9,12,15-16,19-20H,4,6H2,1H3,(H,18,21). The van der Waals surface area contributed by atoms with Gasteiger partial charge in [0, 0.05) is 30.3 Å². The van der Waals surface area contributed by atoms with Gasteiger partial charge in [-0.1, -0.05) is 0 Å². The molecule has 1 aromatic heterocycles. The van der Waals surface area contributed by atoms with Crippen LogP contribution < -0.4 is 16.0 Å². The predicted octanol–water partition coefficient (Wildman–Crippen LogP) is 2.93. The smallest absolute Gasteiger partial charge is 0.251 e. The van der Waals surface area contributed by atoms with Crippen molar-refractivity contribution in [3.63, 3.8) is 0 Å². The Morgan fingerprint density at radius 1 is 1.32 bits per heavy atom. The third kappa shape index (κ3) is 2.12. The molecule has 5 heteroatoms. The van der Waals surface area contributed by atoms with E-state index in [0.717, 1.165) is 24.2 Å². The van der Waals surface area contributed by atoms with E-state index in [1.165, 1.54) is 11.1 Å². The van der Waals surface area contributed by atoms with Gasteiger partial charge in [0.25, 0.3) is 5.91 Å². The summed E-state index contributed by atoms with van der Waals surface area (Å²) in [4.78, 5) is 11.9. The molecule has 0 bridgehead atoms. The van der Waals surface area contributed by atoms with Gasteiger partial charge >= 0.3 is 0 Å². The van der Waals surface area contributed by atoms with E-state index in [1.807, 2.05) is 18.2 Å². The zero-order chi connectivity index (χ0) is 15.1. The molecule has 1 aromatic carbocycles. The lowest BCUT2D eigenvalue weighted by atomic mass is 9.80. The molecule has 0 radical (unpaired) electrons. The zero-order valence-electron chi connectivity index (χ0n) is 12.4. The average Bonchev–Trinajstić information content (AvgIpc) is 3.24. The van der Waals surface area contributed by atoms with Crippen LogP contribution >= 0.6 is 11.3 Å². The van der Waals surface area contributed by atoms with Gasteiger partial charge in [-0.3, -0.25) is 4.79 Å². The topological polar surface area (TPSA) is 53.2 Å². The van der Waals surface area contributed by atoms with E-state index >= 15 is 0 Å². The fourth-order valence-corrected chi connectivity index (χ4v) is 4.41. The highest BCUT2D eigenvalue weighted by Crippen LogP contribution is 2.47. The Hall–Kier alpha value is -1.85. The monoisotopic (exact) mass is 313 g/mol. The number of carbonyl (C=O) groups is 1. The minimum atomic E-state index is -0.0303. The predicted molar refractivity (Wildman–Crippen MR) is 89.4 cm³/mol. The lowest BCUT2D eigenvalue weighted by Crippen LogP contribution is -2.32. The molecule has 3 heterocycles. The van der Waals surface area contributed by atoms with Gasteiger partial charge in [0.1, 0.15) is 0 Å². The molecular formula is C17H19N3OS. The number of benzene rings is 1.